The summed E-state index contributed by atoms with van der Waals surface area (Å²) in [5, 5.41) is 21.0. The zero-order chi connectivity index (χ0) is 17.0. The van der Waals surface area contributed by atoms with E-state index in [4.69, 9.17) is 4.74 Å². The molecule has 122 valence electrons. The molecular formula is C19H18N2O3. The number of nitriles is 1. The topological polar surface area (TPSA) is 76.2 Å². The van der Waals surface area contributed by atoms with Crippen molar-refractivity contribution in [2.24, 2.45) is 0 Å². The van der Waals surface area contributed by atoms with Gasteiger partial charge in [0.25, 0.3) is 0 Å². The van der Waals surface area contributed by atoms with Crippen LogP contribution in [-0.4, -0.2) is 4.92 Å². The fourth-order valence-corrected chi connectivity index (χ4v) is 3.26. The molecule has 0 amide bonds. The average Bonchev–Trinajstić information content (AvgIpc) is 3.11. The van der Waals surface area contributed by atoms with Crippen molar-refractivity contribution >= 4 is 5.69 Å². The number of nitro groups is 1. The van der Waals surface area contributed by atoms with Gasteiger partial charge < -0.3 is 4.74 Å². The molecule has 2 aromatic rings. The first-order chi connectivity index (χ1) is 11.6. The Kier molecular flexibility index (Phi) is 4.48. The minimum atomic E-state index is -0.595. The summed E-state index contributed by atoms with van der Waals surface area (Å²) in [6, 6.07) is 16.8. The molecule has 0 radical (unpaired) electrons. The van der Waals surface area contributed by atoms with E-state index in [-0.39, 0.29) is 18.0 Å². The molecule has 24 heavy (non-hydrogen) atoms. The number of nitrogens with zero attached hydrogens (tertiary/aromatic N) is 2. The SMILES string of the molecule is N#CC1(c2ccc(OCc3ccccc3)c([N+](=O)[O-])c2)CCCC1. The first-order valence-electron chi connectivity index (χ1n) is 8.01. The molecule has 0 aliphatic heterocycles. The van der Waals surface area contributed by atoms with Gasteiger partial charge in [0.2, 0.25) is 0 Å². The van der Waals surface area contributed by atoms with E-state index in [0.29, 0.717) is 0 Å². The van der Waals surface area contributed by atoms with Gasteiger partial charge in [-0.15, -0.1) is 0 Å². The van der Waals surface area contributed by atoms with Gasteiger partial charge in [-0.1, -0.05) is 49.2 Å². The second-order valence-corrected chi connectivity index (χ2v) is 6.11. The number of hydrogen-bond donors (Lipinski definition) is 0. The zero-order valence-corrected chi connectivity index (χ0v) is 13.3. The quantitative estimate of drug-likeness (QED) is 0.599. The summed E-state index contributed by atoms with van der Waals surface area (Å²) in [5.41, 5.74) is 0.995. The number of benzene rings is 2. The molecule has 0 heterocycles. The standard InChI is InChI=1S/C19H18N2O3/c20-14-19(10-4-5-11-19)16-8-9-18(17(12-16)21(22)23)24-13-15-6-2-1-3-7-15/h1-3,6-9,12H,4-5,10-11,13H2. The highest BCUT2D eigenvalue weighted by molar-refractivity contribution is 5.52. The molecule has 5 heteroatoms. The van der Waals surface area contributed by atoms with Crippen molar-refractivity contribution in [1.29, 1.82) is 5.26 Å². The first-order valence-corrected chi connectivity index (χ1v) is 8.01. The van der Waals surface area contributed by atoms with E-state index in [1.165, 1.54) is 6.07 Å². The second kappa shape index (κ2) is 6.71. The molecule has 5 nitrogen and oxygen atoms in total. The van der Waals surface area contributed by atoms with Gasteiger partial charge in [0.15, 0.2) is 5.75 Å². The van der Waals surface area contributed by atoms with Gasteiger partial charge in [-0.3, -0.25) is 10.1 Å². The van der Waals surface area contributed by atoms with Crippen LogP contribution in [0.4, 0.5) is 5.69 Å². The van der Waals surface area contributed by atoms with Crippen LogP contribution in [0.3, 0.4) is 0 Å². The van der Waals surface area contributed by atoms with Crippen molar-refractivity contribution in [2.45, 2.75) is 37.7 Å². The van der Waals surface area contributed by atoms with Crippen LogP contribution in [0.2, 0.25) is 0 Å². The number of hydrogen-bond acceptors (Lipinski definition) is 4. The molecule has 0 spiro atoms. The average molecular weight is 322 g/mol. The monoisotopic (exact) mass is 322 g/mol. The molecule has 1 saturated carbocycles. The maximum Gasteiger partial charge on any atom is 0.311 e. The summed E-state index contributed by atoms with van der Waals surface area (Å²) in [5.74, 6) is 0.235. The predicted octanol–water partition coefficient (Wildman–Crippen LogP) is 4.51. The Hall–Kier alpha value is -2.87. The van der Waals surface area contributed by atoms with Crippen molar-refractivity contribution in [3.8, 4) is 11.8 Å². The second-order valence-electron chi connectivity index (χ2n) is 6.11. The third kappa shape index (κ3) is 3.09. The van der Waals surface area contributed by atoms with E-state index in [2.05, 4.69) is 6.07 Å². The van der Waals surface area contributed by atoms with Gasteiger partial charge in [-0.25, -0.2) is 0 Å². The molecule has 2 aromatic carbocycles. The lowest BCUT2D eigenvalue weighted by atomic mass is 9.80. The highest BCUT2D eigenvalue weighted by Gasteiger charge is 2.37. The molecule has 3 rings (SSSR count). The normalized spacial score (nSPS) is 15.6. The Labute approximate surface area is 140 Å². The van der Waals surface area contributed by atoms with Crippen LogP contribution in [0.1, 0.15) is 36.8 Å². The van der Waals surface area contributed by atoms with E-state index in [0.717, 1.165) is 36.8 Å². The van der Waals surface area contributed by atoms with Gasteiger partial charge in [-0.2, -0.15) is 5.26 Å². The minimum absolute atomic E-state index is 0.0787. The lowest BCUT2D eigenvalue weighted by Gasteiger charge is -2.21. The third-order valence-electron chi connectivity index (χ3n) is 4.62. The Morgan fingerprint density at radius 3 is 2.50 bits per heavy atom. The molecule has 0 aromatic heterocycles. The van der Waals surface area contributed by atoms with Gasteiger partial charge in [0.1, 0.15) is 6.61 Å². The molecule has 0 unspecified atom stereocenters. The van der Waals surface area contributed by atoms with Gasteiger partial charge in [-0.05, 0) is 30.0 Å². The van der Waals surface area contributed by atoms with Crippen molar-refractivity contribution < 1.29 is 9.66 Å². The highest BCUT2D eigenvalue weighted by Crippen LogP contribution is 2.43. The lowest BCUT2D eigenvalue weighted by molar-refractivity contribution is -0.386. The van der Waals surface area contributed by atoms with Crippen LogP contribution in [0.15, 0.2) is 48.5 Å². The Bertz CT molecular complexity index is 775. The summed E-state index contributed by atoms with van der Waals surface area (Å²) in [6.45, 7) is 0.268. The maximum absolute atomic E-state index is 11.4. The van der Waals surface area contributed by atoms with E-state index >= 15 is 0 Å². The van der Waals surface area contributed by atoms with Crippen LogP contribution in [0, 0.1) is 21.4 Å². The Morgan fingerprint density at radius 1 is 1.17 bits per heavy atom. The van der Waals surface area contributed by atoms with E-state index < -0.39 is 10.3 Å². The van der Waals surface area contributed by atoms with E-state index in [1.807, 2.05) is 30.3 Å². The summed E-state index contributed by atoms with van der Waals surface area (Å²) >= 11 is 0. The Balaban J connectivity index is 1.88. The van der Waals surface area contributed by atoms with Gasteiger partial charge in [0.05, 0.1) is 16.4 Å². The molecule has 1 aliphatic carbocycles. The molecule has 1 fully saturated rings. The number of nitro benzene ring substituents is 1. The maximum atomic E-state index is 11.4. The lowest BCUT2D eigenvalue weighted by Crippen LogP contribution is -2.19. The minimum Gasteiger partial charge on any atom is -0.482 e. The summed E-state index contributed by atoms with van der Waals surface area (Å²) in [6.07, 6.45) is 3.47. The van der Waals surface area contributed by atoms with Crippen LogP contribution in [0.25, 0.3) is 0 Å². The largest absolute Gasteiger partial charge is 0.482 e. The van der Waals surface area contributed by atoms with Crippen LogP contribution < -0.4 is 4.74 Å². The Morgan fingerprint density at radius 2 is 1.88 bits per heavy atom. The molecule has 1 aliphatic rings. The number of ether oxygens (including phenoxy) is 1. The van der Waals surface area contributed by atoms with Gasteiger partial charge >= 0.3 is 5.69 Å². The molecule has 0 saturated heterocycles. The fourth-order valence-electron chi connectivity index (χ4n) is 3.26. The van der Waals surface area contributed by atoms with Crippen molar-refractivity contribution in [2.75, 3.05) is 0 Å². The van der Waals surface area contributed by atoms with E-state index in [9.17, 15) is 15.4 Å². The molecular weight excluding hydrogens is 304 g/mol. The summed E-state index contributed by atoms with van der Waals surface area (Å²) in [7, 11) is 0. The van der Waals surface area contributed by atoms with Gasteiger partial charge in [0, 0.05) is 6.07 Å². The predicted molar refractivity (Wildman–Crippen MR) is 89.6 cm³/mol. The summed E-state index contributed by atoms with van der Waals surface area (Å²) in [4.78, 5) is 11.0. The van der Waals surface area contributed by atoms with Crippen LogP contribution in [0.5, 0.6) is 5.75 Å². The van der Waals surface area contributed by atoms with Crippen LogP contribution in [-0.2, 0) is 12.0 Å². The fraction of sp³-hybridized carbons (Fsp3) is 0.316. The molecule has 0 N–H and O–H groups in total. The zero-order valence-electron chi connectivity index (χ0n) is 13.3. The van der Waals surface area contributed by atoms with Crippen LogP contribution >= 0.6 is 0 Å². The van der Waals surface area contributed by atoms with Crippen molar-refractivity contribution in [3.63, 3.8) is 0 Å². The molecule has 0 atom stereocenters. The molecule has 0 bridgehead atoms. The highest BCUT2D eigenvalue weighted by atomic mass is 16.6. The number of rotatable bonds is 5. The smallest absolute Gasteiger partial charge is 0.311 e. The summed E-state index contributed by atoms with van der Waals surface area (Å²) < 4.78 is 5.64. The third-order valence-corrected chi connectivity index (χ3v) is 4.62. The van der Waals surface area contributed by atoms with E-state index in [1.54, 1.807) is 12.1 Å². The van der Waals surface area contributed by atoms with Crippen molar-refractivity contribution in [3.05, 3.63) is 69.8 Å². The first kappa shape index (κ1) is 16.0. The van der Waals surface area contributed by atoms with Crippen molar-refractivity contribution in [1.82, 2.24) is 0 Å².